The second kappa shape index (κ2) is 7.34. The van der Waals surface area contributed by atoms with Crippen molar-refractivity contribution in [2.24, 2.45) is 17.6 Å². The summed E-state index contributed by atoms with van der Waals surface area (Å²) in [7, 11) is 0. The minimum Gasteiger partial charge on any atom is -0.352 e. The Bertz CT molecular complexity index is 585. The van der Waals surface area contributed by atoms with Crippen LogP contribution >= 0.6 is 0 Å². The summed E-state index contributed by atoms with van der Waals surface area (Å²) in [6, 6.07) is 8.00. The van der Waals surface area contributed by atoms with E-state index in [-0.39, 0.29) is 17.9 Å². The van der Waals surface area contributed by atoms with Gasteiger partial charge in [-0.2, -0.15) is 0 Å². The van der Waals surface area contributed by atoms with Gasteiger partial charge in [0.15, 0.2) is 0 Å². The van der Waals surface area contributed by atoms with Gasteiger partial charge in [0.25, 0.3) is 5.91 Å². The summed E-state index contributed by atoms with van der Waals surface area (Å²) >= 11 is 0. The molecule has 0 spiro atoms. The topological polar surface area (TPSA) is 84.2 Å². The van der Waals surface area contributed by atoms with Gasteiger partial charge in [-0.3, -0.25) is 9.59 Å². The van der Waals surface area contributed by atoms with Gasteiger partial charge in [-0.05, 0) is 55.2 Å². The van der Waals surface area contributed by atoms with Gasteiger partial charge in [-0.25, -0.2) is 0 Å². The maximum Gasteiger partial charge on any atom is 0.251 e. The Morgan fingerprint density at radius 3 is 2.33 bits per heavy atom. The summed E-state index contributed by atoms with van der Waals surface area (Å²) in [6.45, 7) is 1.98. The lowest BCUT2D eigenvalue weighted by Gasteiger charge is -2.45. The number of amides is 2. The molecule has 0 radical (unpaired) electrons. The first-order valence-corrected chi connectivity index (χ1v) is 8.92. The summed E-state index contributed by atoms with van der Waals surface area (Å²) in [5, 5.41) is 6.02. The van der Waals surface area contributed by atoms with E-state index < -0.39 is 0 Å². The van der Waals surface area contributed by atoms with E-state index in [9.17, 15) is 9.59 Å². The van der Waals surface area contributed by atoms with Gasteiger partial charge in [0.2, 0.25) is 5.91 Å². The lowest BCUT2D eigenvalue weighted by Crippen LogP contribution is -2.53. The number of nitrogens with two attached hydrogens (primary N) is 1. The van der Waals surface area contributed by atoms with Crippen molar-refractivity contribution in [2.45, 2.75) is 57.7 Å². The molecule has 5 nitrogen and oxygen atoms in total. The van der Waals surface area contributed by atoms with Crippen LogP contribution in [0.2, 0.25) is 0 Å². The van der Waals surface area contributed by atoms with Crippen molar-refractivity contribution in [3.63, 3.8) is 0 Å². The predicted octanol–water partition coefficient (Wildman–Crippen LogP) is 1.96. The molecule has 2 amide bonds. The molecule has 0 aliphatic heterocycles. The van der Waals surface area contributed by atoms with E-state index >= 15 is 0 Å². The first-order chi connectivity index (χ1) is 11.5. The molecule has 2 saturated carbocycles. The van der Waals surface area contributed by atoms with E-state index in [0.717, 1.165) is 18.4 Å². The first-order valence-electron chi connectivity index (χ1n) is 8.92. The van der Waals surface area contributed by atoms with Gasteiger partial charge in [0, 0.05) is 31.1 Å². The molecule has 2 bridgehead atoms. The molecule has 2 aliphatic rings. The highest BCUT2D eigenvalue weighted by atomic mass is 16.2. The van der Waals surface area contributed by atoms with Crippen molar-refractivity contribution < 1.29 is 9.59 Å². The molecule has 0 saturated heterocycles. The molecular formula is C19H27N3O2. The third-order valence-corrected chi connectivity index (χ3v) is 5.43. The summed E-state index contributed by atoms with van der Waals surface area (Å²) in [5.41, 5.74) is 7.82. The maximum atomic E-state index is 12.6. The zero-order valence-corrected chi connectivity index (χ0v) is 14.3. The van der Waals surface area contributed by atoms with Crippen molar-refractivity contribution in [3.05, 3.63) is 35.4 Å². The molecule has 2 atom stereocenters. The fraction of sp³-hybridized carbons (Fsp3) is 0.579. The van der Waals surface area contributed by atoms with Gasteiger partial charge in [-0.15, -0.1) is 0 Å². The molecule has 1 aromatic rings. The monoisotopic (exact) mass is 329 g/mol. The van der Waals surface area contributed by atoms with Crippen molar-refractivity contribution in [3.8, 4) is 0 Å². The van der Waals surface area contributed by atoms with Crippen molar-refractivity contribution in [1.82, 2.24) is 10.6 Å². The summed E-state index contributed by atoms with van der Waals surface area (Å²) < 4.78 is 0. The zero-order chi connectivity index (χ0) is 17.1. The lowest BCUT2D eigenvalue weighted by atomic mass is 9.67. The summed E-state index contributed by atoms with van der Waals surface area (Å²) in [4.78, 5) is 23.5. The van der Waals surface area contributed by atoms with Gasteiger partial charge >= 0.3 is 0 Å². The minimum absolute atomic E-state index is 0.00144. The third-order valence-electron chi connectivity index (χ3n) is 5.43. The van der Waals surface area contributed by atoms with Crippen LogP contribution in [0.1, 0.15) is 54.9 Å². The van der Waals surface area contributed by atoms with Crippen molar-refractivity contribution in [1.29, 1.82) is 0 Å². The Labute approximate surface area is 143 Å². The van der Waals surface area contributed by atoms with Crippen LogP contribution in [-0.2, 0) is 11.3 Å². The maximum absolute atomic E-state index is 12.6. The number of hydrogen-bond acceptors (Lipinski definition) is 3. The van der Waals surface area contributed by atoms with E-state index in [1.54, 1.807) is 0 Å². The molecule has 0 aromatic heterocycles. The molecule has 130 valence electrons. The number of carbonyl (C=O) groups is 2. The van der Waals surface area contributed by atoms with Crippen LogP contribution in [0.25, 0.3) is 0 Å². The van der Waals surface area contributed by atoms with E-state index in [1.165, 1.54) is 26.2 Å². The molecular weight excluding hydrogens is 302 g/mol. The Balaban J connectivity index is 1.61. The summed E-state index contributed by atoms with van der Waals surface area (Å²) in [5.74, 6) is 0.989. The van der Waals surface area contributed by atoms with Gasteiger partial charge in [0.1, 0.15) is 0 Å². The molecule has 3 rings (SSSR count). The molecule has 24 heavy (non-hydrogen) atoms. The van der Waals surface area contributed by atoms with Gasteiger partial charge in [-0.1, -0.05) is 18.6 Å². The highest BCUT2D eigenvalue weighted by molar-refractivity contribution is 5.94. The quantitative estimate of drug-likeness (QED) is 0.789. The number of benzene rings is 1. The average molecular weight is 329 g/mol. The number of hydrogen-bond donors (Lipinski definition) is 3. The normalized spacial score (nSPS) is 28.9. The molecule has 2 aliphatic carbocycles. The number of rotatable bonds is 4. The lowest BCUT2D eigenvalue weighted by molar-refractivity contribution is -0.119. The van der Waals surface area contributed by atoms with Crippen LogP contribution in [0.15, 0.2) is 24.3 Å². The SMILES string of the molecule is CC(=O)NCc1ccc(C(=O)NC2C3CCCC2CC(N)C3)cc1. The standard InChI is InChI=1S/C19H27N3O2/c1-12(23)21-11-13-5-7-14(8-6-13)19(24)22-18-15-3-2-4-16(18)10-17(20)9-15/h5-8,15-18H,2-4,9-11,20H2,1H3,(H,21,23)(H,22,24). The van der Waals surface area contributed by atoms with Crippen molar-refractivity contribution in [2.75, 3.05) is 0 Å². The third kappa shape index (κ3) is 3.96. The second-order valence-corrected chi connectivity index (χ2v) is 7.29. The van der Waals surface area contributed by atoms with Crippen LogP contribution in [0, 0.1) is 11.8 Å². The summed E-state index contributed by atoms with van der Waals surface area (Å²) in [6.07, 6.45) is 5.65. The smallest absolute Gasteiger partial charge is 0.251 e. The first kappa shape index (κ1) is 17.0. The predicted molar refractivity (Wildman–Crippen MR) is 93.3 cm³/mol. The average Bonchev–Trinajstić information content (AvgIpc) is 2.54. The van der Waals surface area contributed by atoms with Gasteiger partial charge in [0.05, 0.1) is 0 Å². The number of fused-ring (bicyclic) bond motifs is 2. The molecule has 0 heterocycles. The molecule has 2 unspecified atom stereocenters. The molecule has 5 heteroatoms. The Morgan fingerprint density at radius 2 is 1.75 bits per heavy atom. The fourth-order valence-corrected chi connectivity index (χ4v) is 4.26. The molecule has 4 N–H and O–H groups in total. The van der Waals surface area contributed by atoms with Crippen LogP contribution in [0.5, 0.6) is 0 Å². The van der Waals surface area contributed by atoms with E-state index in [0.29, 0.717) is 30.0 Å². The number of carbonyl (C=O) groups excluding carboxylic acids is 2. The Hall–Kier alpha value is -1.88. The largest absolute Gasteiger partial charge is 0.352 e. The van der Waals surface area contributed by atoms with Gasteiger partial charge < -0.3 is 16.4 Å². The van der Waals surface area contributed by atoms with Crippen molar-refractivity contribution >= 4 is 11.8 Å². The number of nitrogens with one attached hydrogen (secondary N) is 2. The van der Waals surface area contributed by atoms with E-state index in [4.69, 9.17) is 5.73 Å². The van der Waals surface area contributed by atoms with Crippen LogP contribution < -0.4 is 16.4 Å². The fourth-order valence-electron chi connectivity index (χ4n) is 4.26. The van der Waals surface area contributed by atoms with Crippen LogP contribution in [0.4, 0.5) is 0 Å². The Morgan fingerprint density at radius 1 is 1.12 bits per heavy atom. The van der Waals surface area contributed by atoms with E-state index in [2.05, 4.69) is 10.6 Å². The minimum atomic E-state index is -0.0566. The van der Waals surface area contributed by atoms with Crippen LogP contribution in [-0.4, -0.2) is 23.9 Å². The van der Waals surface area contributed by atoms with Crippen LogP contribution in [0.3, 0.4) is 0 Å². The highest BCUT2D eigenvalue weighted by Gasteiger charge is 2.39. The Kier molecular flexibility index (Phi) is 5.19. The zero-order valence-electron chi connectivity index (χ0n) is 14.3. The molecule has 1 aromatic carbocycles. The second-order valence-electron chi connectivity index (χ2n) is 7.29. The molecule has 2 fully saturated rings. The highest BCUT2D eigenvalue weighted by Crippen LogP contribution is 2.39. The van der Waals surface area contributed by atoms with E-state index in [1.807, 2.05) is 24.3 Å².